The average Bonchev–Trinajstić information content (AvgIpc) is 2.46. The maximum Gasteiger partial charge on any atom is 0.389 e. The first-order chi connectivity index (χ1) is 6.38. The average molecular weight is 228 g/mol. The number of hydrogen-bond donors (Lipinski definition) is 1. The van der Waals surface area contributed by atoms with Gasteiger partial charge in [0.25, 0.3) is 0 Å². The van der Waals surface area contributed by atoms with Gasteiger partial charge in [0.2, 0.25) is 0 Å². The van der Waals surface area contributed by atoms with Gasteiger partial charge >= 0.3 is 6.18 Å². The number of alkyl halides is 3. The summed E-state index contributed by atoms with van der Waals surface area (Å²) in [5.74, 6) is 0.277. The zero-order valence-corrected chi connectivity index (χ0v) is 7.90. The molecule has 80 valence electrons. The van der Waals surface area contributed by atoms with Crippen molar-refractivity contribution in [2.45, 2.75) is 25.1 Å². The van der Waals surface area contributed by atoms with Crippen molar-refractivity contribution >= 4 is 11.6 Å². The van der Waals surface area contributed by atoms with Crippen LogP contribution in [-0.4, -0.2) is 6.18 Å². The first-order valence-corrected chi connectivity index (χ1v) is 4.34. The molecule has 1 aromatic heterocycles. The lowest BCUT2D eigenvalue weighted by Gasteiger charge is -2.10. The van der Waals surface area contributed by atoms with Crippen molar-refractivity contribution in [3.8, 4) is 0 Å². The Balaban J connectivity index is 2.47. The maximum atomic E-state index is 11.8. The fourth-order valence-electron chi connectivity index (χ4n) is 0.989. The monoisotopic (exact) mass is 227 g/mol. The largest absolute Gasteiger partial charge is 0.448 e. The zero-order chi connectivity index (χ0) is 10.8. The number of rotatable bonds is 3. The molecule has 1 atom stereocenters. The summed E-state index contributed by atoms with van der Waals surface area (Å²) in [5.41, 5.74) is 5.46. The Bertz CT molecular complexity index is 297. The van der Waals surface area contributed by atoms with Crippen LogP contribution in [0.1, 0.15) is 24.6 Å². The summed E-state index contributed by atoms with van der Waals surface area (Å²) in [7, 11) is 0. The fourth-order valence-corrected chi connectivity index (χ4v) is 1.14. The zero-order valence-electron chi connectivity index (χ0n) is 7.14. The number of nitrogens with two attached hydrogens (primary N) is 1. The number of hydrogen-bond acceptors (Lipinski definition) is 2. The molecule has 14 heavy (non-hydrogen) atoms. The lowest BCUT2D eigenvalue weighted by molar-refractivity contribution is -0.136. The molecular weight excluding hydrogens is 219 g/mol. The predicted molar refractivity (Wildman–Crippen MR) is 45.9 cm³/mol. The minimum Gasteiger partial charge on any atom is -0.448 e. The Hall–Kier alpha value is -0.680. The van der Waals surface area contributed by atoms with Crippen LogP contribution < -0.4 is 5.73 Å². The molecule has 6 heteroatoms. The summed E-state index contributed by atoms with van der Waals surface area (Å²) in [5, 5.41) is 0.127. The Kier molecular flexibility index (Phi) is 3.44. The van der Waals surface area contributed by atoms with Gasteiger partial charge in [0.15, 0.2) is 5.22 Å². The number of halogens is 4. The van der Waals surface area contributed by atoms with Crippen molar-refractivity contribution in [1.29, 1.82) is 0 Å². The van der Waals surface area contributed by atoms with Crippen molar-refractivity contribution in [3.63, 3.8) is 0 Å². The van der Waals surface area contributed by atoms with Gasteiger partial charge in [-0.05, 0) is 30.2 Å². The van der Waals surface area contributed by atoms with E-state index >= 15 is 0 Å². The third-order valence-corrected chi connectivity index (χ3v) is 1.90. The van der Waals surface area contributed by atoms with E-state index in [2.05, 4.69) is 0 Å². The van der Waals surface area contributed by atoms with Crippen LogP contribution in [0.2, 0.25) is 5.22 Å². The van der Waals surface area contributed by atoms with E-state index in [1.165, 1.54) is 12.1 Å². The molecule has 0 saturated carbocycles. The minimum atomic E-state index is -4.19. The van der Waals surface area contributed by atoms with Crippen molar-refractivity contribution in [2.24, 2.45) is 5.73 Å². The molecule has 1 heterocycles. The van der Waals surface area contributed by atoms with E-state index < -0.39 is 18.6 Å². The normalized spacial score (nSPS) is 14.4. The summed E-state index contributed by atoms with van der Waals surface area (Å²) in [6.07, 6.45) is -5.31. The molecule has 0 bridgehead atoms. The van der Waals surface area contributed by atoms with Crippen LogP contribution in [0.25, 0.3) is 0 Å². The second-order valence-electron chi connectivity index (χ2n) is 2.90. The Morgan fingerprint density at radius 2 is 2.07 bits per heavy atom. The smallest absolute Gasteiger partial charge is 0.389 e. The quantitative estimate of drug-likeness (QED) is 0.861. The molecule has 2 N–H and O–H groups in total. The van der Waals surface area contributed by atoms with Crippen LogP contribution in [0.4, 0.5) is 13.2 Å². The van der Waals surface area contributed by atoms with E-state index in [4.69, 9.17) is 21.8 Å². The first kappa shape index (κ1) is 11.4. The van der Waals surface area contributed by atoms with Gasteiger partial charge in [-0.1, -0.05) is 0 Å². The highest BCUT2D eigenvalue weighted by Crippen LogP contribution is 2.27. The second kappa shape index (κ2) is 4.23. The summed E-state index contributed by atoms with van der Waals surface area (Å²) >= 11 is 5.45. The van der Waals surface area contributed by atoms with E-state index in [-0.39, 0.29) is 17.4 Å². The molecule has 0 radical (unpaired) electrons. The lowest BCUT2D eigenvalue weighted by Crippen LogP contribution is -2.15. The molecular formula is C8H9ClF3NO. The third-order valence-electron chi connectivity index (χ3n) is 1.70. The van der Waals surface area contributed by atoms with Gasteiger partial charge in [0, 0.05) is 6.42 Å². The van der Waals surface area contributed by atoms with Gasteiger partial charge in [0.1, 0.15) is 5.76 Å². The Morgan fingerprint density at radius 1 is 1.43 bits per heavy atom. The highest BCUT2D eigenvalue weighted by molar-refractivity contribution is 6.28. The van der Waals surface area contributed by atoms with Crippen molar-refractivity contribution in [1.82, 2.24) is 0 Å². The van der Waals surface area contributed by atoms with Crippen LogP contribution in [0.5, 0.6) is 0 Å². The molecule has 2 nitrogen and oxygen atoms in total. The minimum absolute atomic E-state index is 0.127. The molecule has 0 aliphatic carbocycles. The van der Waals surface area contributed by atoms with Gasteiger partial charge in [0.05, 0.1) is 6.04 Å². The molecule has 0 spiro atoms. The maximum absolute atomic E-state index is 11.8. The molecule has 0 fully saturated rings. The highest BCUT2D eigenvalue weighted by Gasteiger charge is 2.28. The summed E-state index contributed by atoms with van der Waals surface area (Å²) in [6.45, 7) is 0. The Labute approximate surface area is 83.8 Å². The van der Waals surface area contributed by atoms with Gasteiger partial charge in [-0.2, -0.15) is 13.2 Å². The first-order valence-electron chi connectivity index (χ1n) is 3.96. The van der Waals surface area contributed by atoms with Gasteiger partial charge in [-0.3, -0.25) is 0 Å². The molecule has 1 aromatic rings. The van der Waals surface area contributed by atoms with Gasteiger partial charge < -0.3 is 10.2 Å². The Morgan fingerprint density at radius 3 is 2.50 bits per heavy atom. The molecule has 0 saturated heterocycles. The lowest BCUT2D eigenvalue weighted by atomic mass is 10.1. The van der Waals surface area contributed by atoms with E-state index in [1.807, 2.05) is 0 Å². The van der Waals surface area contributed by atoms with Crippen LogP contribution in [-0.2, 0) is 0 Å². The molecule has 0 aliphatic rings. The van der Waals surface area contributed by atoms with E-state index in [0.717, 1.165) is 0 Å². The van der Waals surface area contributed by atoms with Crippen molar-refractivity contribution in [3.05, 3.63) is 23.1 Å². The van der Waals surface area contributed by atoms with Crippen LogP contribution in [0.15, 0.2) is 16.5 Å². The molecule has 1 rings (SSSR count). The standard InChI is InChI=1S/C8H9ClF3NO/c9-7-2-1-6(14-7)5(13)3-4-8(10,11)12/h1-2,5H,3-4,13H2/t5-/m1/s1. The van der Waals surface area contributed by atoms with Crippen molar-refractivity contribution in [2.75, 3.05) is 0 Å². The second-order valence-corrected chi connectivity index (χ2v) is 3.27. The summed E-state index contributed by atoms with van der Waals surface area (Å²) < 4.78 is 40.4. The molecule has 0 aliphatic heterocycles. The summed E-state index contributed by atoms with van der Waals surface area (Å²) in [4.78, 5) is 0. The molecule has 0 aromatic carbocycles. The van der Waals surface area contributed by atoms with E-state index in [1.54, 1.807) is 0 Å². The van der Waals surface area contributed by atoms with Crippen molar-refractivity contribution < 1.29 is 17.6 Å². The fraction of sp³-hybridized carbons (Fsp3) is 0.500. The van der Waals surface area contributed by atoms with Crippen LogP contribution in [0.3, 0.4) is 0 Å². The van der Waals surface area contributed by atoms with Crippen LogP contribution >= 0.6 is 11.6 Å². The van der Waals surface area contributed by atoms with E-state index in [9.17, 15) is 13.2 Å². The topological polar surface area (TPSA) is 39.2 Å². The summed E-state index contributed by atoms with van der Waals surface area (Å²) in [6, 6.07) is 2.16. The number of furan rings is 1. The SMILES string of the molecule is N[C@H](CCC(F)(F)F)c1ccc(Cl)o1. The van der Waals surface area contributed by atoms with E-state index in [0.29, 0.717) is 0 Å². The van der Waals surface area contributed by atoms with Gasteiger partial charge in [-0.25, -0.2) is 0 Å². The predicted octanol–water partition coefficient (Wildman–Crippen LogP) is 3.28. The molecule has 0 amide bonds. The van der Waals surface area contributed by atoms with Gasteiger partial charge in [-0.15, -0.1) is 0 Å². The third kappa shape index (κ3) is 3.59. The highest BCUT2D eigenvalue weighted by atomic mass is 35.5. The molecule has 0 unspecified atom stereocenters. The van der Waals surface area contributed by atoms with Crippen LogP contribution in [0, 0.1) is 0 Å².